The average molecular weight is 464 g/mol. The molecule has 7 nitrogen and oxygen atoms in total. The van der Waals surface area contributed by atoms with Gasteiger partial charge >= 0.3 is 0 Å². The Hall–Kier alpha value is -2.62. The van der Waals surface area contributed by atoms with Crippen molar-refractivity contribution in [2.45, 2.75) is 0 Å². The fourth-order valence-electron chi connectivity index (χ4n) is 2.33. The van der Waals surface area contributed by atoms with Gasteiger partial charge in [-0.2, -0.15) is 0 Å². The highest BCUT2D eigenvalue weighted by atomic mass is 127. The van der Waals surface area contributed by atoms with Crippen molar-refractivity contribution in [3.05, 3.63) is 58.3 Å². The van der Waals surface area contributed by atoms with Crippen molar-refractivity contribution in [3.63, 3.8) is 0 Å². The number of hydrogen-bond donors (Lipinski definition) is 2. The number of carbonyl (C=O) groups excluding carboxylic acids is 1. The van der Waals surface area contributed by atoms with E-state index in [0.717, 1.165) is 9.13 Å². The highest BCUT2D eigenvalue weighted by Gasteiger charge is 2.11. The molecule has 0 saturated carbocycles. The number of carbonyl (C=O) groups is 1. The molecule has 1 aromatic carbocycles. The molecule has 3 rings (SSSR count). The Labute approximate surface area is 164 Å². The highest BCUT2D eigenvalue weighted by molar-refractivity contribution is 14.1. The monoisotopic (exact) mass is 464 g/mol. The van der Waals surface area contributed by atoms with Gasteiger partial charge < -0.3 is 20.1 Å². The van der Waals surface area contributed by atoms with Gasteiger partial charge in [0, 0.05) is 15.2 Å². The van der Waals surface area contributed by atoms with Gasteiger partial charge in [0.25, 0.3) is 5.91 Å². The lowest BCUT2D eigenvalue weighted by Gasteiger charge is -2.13. The van der Waals surface area contributed by atoms with E-state index < -0.39 is 0 Å². The minimum atomic E-state index is -0.292. The summed E-state index contributed by atoms with van der Waals surface area (Å²) in [5.74, 6) is 1.52. The lowest BCUT2D eigenvalue weighted by atomic mass is 10.1. The fraction of sp³-hybridized carbons (Fsp3) is 0.167. The summed E-state index contributed by atoms with van der Waals surface area (Å²) in [5.41, 5.74) is 1.50. The molecule has 0 aliphatic carbocycles. The Bertz CT molecular complexity index is 867. The summed E-state index contributed by atoms with van der Waals surface area (Å²) in [6.45, 7) is 0.473. The van der Waals surface area contributed by atoms with Crippen molar-refractivity contribution in [1.82, 2.24) is 15.3 Å². The standard InChI is InChI=1S/C18H17IN4O3/c1-25-16-5-4-12(19)7-14(16)15-8-17(22-11-21-15)23-18(24)10-26-13-3-2-6-20-9-13/h2-8,11,20H,9-10H2,1H3,(H,21,22,23,24). The van der Waals surface area contributed by atoms with Crippen LogP contribution in [0.15, 0.2) is 54.7 Å². The number of aromatic nitrogens is 2. The van der Waals surface area contributed by atoms with Crippen molar-refractivity contribution in [3.8, 4) is 17.0 Å². The smallest absolute Gasteiger partial charge is 0.263 e. The maximum Gasteiger partial charge on any atom is 0.263 e. The van der Waals surface area contributed by atoms with Gasteiger partial charge in [-0.15, -0.1) is 0 Å². The molecule has 0 bridgehead atoms. The number of ether oxygens (including phenoxy) is 2. The lowest BCUT2D eigenvalue weighted by molar-refractivity contribution is -0.119. The largest absolute Gasteiger partial charge is 0.496 e. The van der Waals surface area contributed by atoms with Gasteiger partial charge in [0.15, 0.2) is 6.61 Å². The minimum Gasteiger partial charge on any atom is -0.496 e. The van der Waals surface area contributed by atoms with E-state index in [2.05, 4.69) is 43.2 Å². The molecule has 0 spiro atoms. The van der Waals surface area contributed by atoms with Crippen molar-refractivity contribution in [1.29, 1.82) is 0 Å². The first kappa shape index (κ1) is 18.2. The summed E-state index contributed by atoms with van der Waals surface area (Å²) in [6.07, 6.45) is 6.86. The second-order valence-corrected chi connectivity index (χ2v) is 6.59. The predicted octanol–water partition coefficient (Wildman–Crippen LogP) is 2.71. The molecule has 1 aromatic heterocycles. The molecule has 0 radical (unpaired) electrons. The number of amides is 1. The first-order valence-corrected chi connectivity index (χ1v) is 8.91. The van der Waals surface area contributed by atoms with Gasteiger partial charge in [0.1, 0.15) is 23.7 Å². The third-order valence-corrected chi connectivity index (χ3v) is 4.20. The summed E-state index contributed by atoms with van der Waals surface area (Å²) in [7, 11) is 1.61. The molecule has 1 aliphatic heterocycles. The maximum absolute atomic E-state index is 12.1. The number of hydrogen-bond acceptors (Lipinski definition) is 6. The third-order valence-electron chi connectivity index (χ3n) is 3.53. The number of nitrogens with one attached hydrogen (secondary N) is 2. The number of benzene rings is 1. The van der Waals surface area contributed by atoms with E-state index >= 15 is 0 Å². The Kier molecular flexibility index (Phi) is 6.05. The van der Waals surface area contributed by atoms with Crippen LogP contribution in [0.4, 0.5) is 5.82 Å². The number of anilines is 1. The quantitative estimate of drug-likeness (QED) is 0.640. The molecule has 0 atom stereocenters. The molecule has 26 heavy (non-hydrogen) atoms. The van der Waals surface area contributed by atoms with E-state index in [-0.39, 0.29) is 12.5 Å². The van der Waals surface area contributed by atoms with Crippen LogP contribution in [-0.4, -0.2) is 36.1 Å². The van der Waals surface area contributed by atoms with Crippen LogP contribution in [0.5, 0.6) is 5.75 Å². The molecule has 134 valence electrons. The first-order valence-electron chi connectivity index (χ1n) is 7.83. The molecule has 0 saturated heterocycles. The number of dihydropyridines is 1. The molecule has 2 aromatic rings. The molecular weight excluding hydrogens is 447 g/mol. The van der Waals surface area contributed by atoms with Gasteiger partial charge in [-0.25, -0.2) is 9.97 Å². The normalized spacial score (nSPS) is 12.8. The minimum absolute atomic E-state index is 0.0900. The van der Waals surface area contributed by atoms with Gasteiger partial charge in [-0.1, -0.05) is 0 Å². The number of methoxy groups -OCH3 is 1. The van der Waals surface area contributed by atoms with Gasteiger partial charge in [0.05, 0.1) is 19.3 Å². The summed E-state index contributed by atoms with van der Waals surface area (Å²) < 4.78 is 11.9. The second kappa shape index (κ2) is 8.65. The SMILES string of the molecule is COc1ccc(I)cc1-c1cc(NC(=O)COC2=CC=CNC2)ncn1. The zero-order valence-electron chi connectivity index (χ0n) is 14.0. The second-order valence-electron chi connectivity index (χ2n) is 5.34. The number of rotatable bonds is 6. The number of nitrogens with zero attached hydrogens (tertiary/aromatic N) is 2. The third kappa shape index (κ3) is 4.72. The highest BCUT2D eigenvalue weighted by Crippen LogP contribution is 2.30. The average Bonchev–Trinajstić information content (AvgIpc) is 2.67. The van der Waals surface area contributed by atoms with Crippen LogP contribution in [0.25, 0.3) is 11.3 Å². The van der Waals surface area contributed by atoms with Gasteiger partial charge in [-0.3, -0.25) is 4.79 Å². The summed E-state index contributed by atoms with van der Waals surface area (Å²) in [6, 6.07) is 7.50. The van der Waals surface area contributed by atoms with Crippen LogP contribution in [0, 0.1) is 3.57 Å². The topological polar surface area (TPSA) is 85.4 Å². The van der Waals surface area contributed by atoms with Crippen LogP contribution in [0.1, 0.15) is 0 Å². The van der Waals surface area contributed by atoms with E-state index in [1.54, 1.807) is 13.2 Å². The summed E-state index contributed by atoms with van der Waals surface area (Å²) >= 11 is 2.23. The van der Waals surface area contributed by atoms with E-state index in [4.69, 9.17) is 9.47 Å². The van der Waals surface area contributed by atoms with E-state index in [0.29, 0.717) is 29.6 Å². The molecule has 8 heteroatoms. The molecule has 1 amide bonds. The Morgan fingerprint density at radius 2 is 2.23 bits per heavy atom. The maximum atomic E-state index is 12.1. The molecule has 0 fully saturated rings. The molecular formula is C18H17IN4O3. The van der Waals surface area contributed by atoms with Crippen LogP contribution in [0.3, 0.4) is 0 Å². The van der Waals surface area contributed by atoms with Crippen molar-refractivity contribution in [2.75, 3.05) is 25.6 Å². The zero-order chi connectivity index (χ0) is 18.4. The van der Waals surface area contributed by atoms with E-state index in [1.807, 2.05) is 36.6 Å². The summed E-state index contributed by atoms with van der Waals surface area (Å²) in [4.78, 5) is 20.5. The van der Waals surface area contributed by atoms with Crippen LogP contribution < -0.4 is 15.4 Å². The van der Waals surface area contributed by atoms with Crippen LogP contribution in [-0.2, 0) is 9.53 Å². The first-order chi connectivity index (χ1) is 12.7. The van der Waals surface area contributed by atoms with Crippen molar-refractivity contribution < 1.29 is 14.3 Å². The fourth-order valence-corrected chi connectivity index (χ4v) is 2.82. The predicted molar refractivity (Wildman–Crippen MR) is 107 cm³/mol. The van der Waals surface area contributed by atoms with E-state index in [1.165, 1.54) is 6.33 Å². The molecule has 1 aliphatic rings. The van der Waals surface area contributed by atoms with Gasteiger partial charge in [0.2, 0.25) is 0 Å². The van der Waals surface area contributed by atoms with Gasteiger partial charge in [-0.05, 0) is 59.1 Å². The van der Waals surface area contributed by atoms with E-state index in [9.17, 15) is 4.79 Å². The van der Waals surface area contributed by atoms with Crippen molar-refractivity contribution >= 4 is 34.3 Å². The number of allylic oxidation sites excluding steroid dienone is 2. The Balaban J connectivity index is 1.69. The summed E-state index contributed by atoms with van der Waals surface area (Å²) in [5, 5.41) is 5.73. The molecule has 0 unspecified atom stereocenters. The Morgan fingerprint density at radius 1 is 1.35 bits per heavy atom. The lowest BCUT2D eigenvalue weighted by Crippen LogP contribution is -2.22. The molecule has 2 N–H and O–H groups in total. The van der Waals surface area contributed by atoms with Crippen molar-refractivity contribution in [2.24, 2.45) is 0 Å². The molecule has 2 heterocycles. The number of halogens is 1. The van der Waals surface area contributed by atoms with Crippen LogP contribution in [0.2, 0.25) is 0 Å². The van der Waals surface area contributed by atoms with Crippen LogP contribution >= 0.6 is 22.6 Å². The Morgan fingerprint density at radius 3 is 3.00 bits per heavy atom. The zero-order valence-corrected chi connectivity index (χ0v) is 16.2.